The second kappa shape index (κ2) is 17.7. The number of guanidine groups is 1. The Bertz CT molecular complexity index is 1250. The molecule has 0 bridgehead atoms. The molecule has 14 heteroatoms. The molecular weight excluding hydrogens is 558 g/mol. The standard InChI is InChI=1S/C29H39N7O7/c30-20(16-18-8-3-1-4-9-18)25(39)34-21(13-14-24(37)38)26(40)36-23(17-19-10-5-2-6-11-19)27(41)35-22(28(42)43)12-7-15-33-29(31)32/h1-6,8-11,20-23H,7,12-17,30H2,(H,34,39)(H,35,41)(H,36,40)(H,37,38)(H,42,43)(H4,31,32,33). The zero-order valence-corrected chi connectivity index (χ0v) is 23.6. The van der Waals surface area contributed by atoms with Gasteiger partial charge in [-0.2, -0.15) is 0 Å². The van der Waals surface area contributed by atoms with Crippen molar-refractivity contribution in [3.63, 3.8) is 0 Å². The van der Waals surface area contributed by atoms with Gasteiger partial charge < -0.3 is 43.4 Å². The number of hydrogen-bond acceptors (Lipinski definition) is 7. The van der Waals surface area contributed by atoms with Gasteiger partial charge in [0.05, 0.1) is 6.04 Å². The maximum Gasteiger partial charge on any atom is 0.326 e. The predicted molar refractivity (Wildman–Crippen MR) is 158 cm³/mol. The molecule has 11 N–H and O–H groups in total. The van der Waals surface area contributed by atoms with E-state index in [2.05, 4.69) is 20.9 Å². The zero-order valence-electron chi connectivity index (χ0n) is 23.6. The first-order valence-corrected chi connectivity index (χ1v) is 13.7. The minimum absolute atomic E-state index is 0.00806. The normalized spacial score (nSPS) is 13.4. The molecule has 0 spiro atoms. The van der Waals surface area contributed by atoms with Crippen LogP contribution < -0.4 is 33.2 Å². The molecule has 232 valence electrons. The van der Waals surface area contributed by atoms with Gasteiger partial charge in [-0.25, -0.2) is 4.79 Å². The summed E-state index contributed by atoms with van der Waals surface area (Å²) in [6, 6.07) is 12.8. The van der Waals surface area contributed by atoms with Gasteiger partial charge in [0, 0.05) is 19.4 Å². The fourth-order valence-electron chi connectivity index (χ4n) is 4.14. The Morgan fingerprint density at radius 1 is 0.698 bits per heavy atom. The summed E-state index contributed by atoms with van der Waals surface area (Å²) in [5, 5.41) is 26.4. The summed E-state index contributed by atoms with van der Waals surface area (Å²) >= 11 is 0. The molecule has 0 aliphatic carbocycles. The Morgan fingerprint density at radius 3 is 1.74 bits per heavy atom. The van der Waals surface area contributed by atoms with Gasteiger partial charge in [0.2, 0.25) is 17.7 Å². The molecule has 0 saturated heterocycles. The van der Waals surface area contributed by atoms with Crippen molar-refractivity contribution >= 4 is 35.6 Å². The third-order valence-corrected chi connectivity index (χ3v) is 6.39. The van der Waals surface area contributed by atoms with Crippen molar-refractivity contribution in [2.75, 3.05) is 6.54 Å². The second-order valence-corrected chi connectivity index (χ2v) is 9.89. The number of carboxylic acids is 2. The first-order valence-electron chi connectivity index (χ1n) is 13.7. The first-order chi connectivity index (χ1) is 20.5. The van der Waals surface area contributed by atoms with Crippen LogP contribution in [0, 0.1) is 0 Å². The Balaban J connectivity index is 2.20. The minimum Gasteiger partial charge on any atom is -0.481 e. The number of carbonyl (C=O) groups excluding carboxylic acids is 3. The van der Waals surface area contributed by atoms with Crippen LogP contribution in [0.2, 0.25) is 0 Å². The van der Waals surface area contributed by atoms with Gasteiger partial charge in [-0.15, -0.1) is 0 Å². The van der Waals surface area contributed by atoms with E-state index in [1.165, 1.54) is 0 Å². The van der Waals surface area contributed by atoms with Gasteiger partial charge in [-0.3, -0.25) is 24.2 Å². The van der Waals surface area contributed by atoms with Gasteiger partial charge in [-0.05, 0) is 36.8 Å². The third-order valence-electron chi connectivity index (χ3n) is 6.39. The highest BCUT2D eigenvalue weighted by Crippen LogP contribution is 2.08. The summed E-state index contributed by atoms with van der Waals surface area (Å²) < 4.78 is 0. The van der Waals surface area contributed by atoms with Crippen LogP contribution in [-0.2, 0) is 36.8 Å². The average Bonchev–Trinajstić information content (AvgIpc) is 2.96. The number of aliphatic carboxylic acids is 2. The number of amides is 3. The number of nitrogens with two attached hydrogens (primary N) is 3. The molecule has 2 aromatic rings. The largest absolute Gasteiger partial charge is 0.481 e. The molecule has 4 unspecified atom stereocenters. The van der Waals surface area contributed by atoms with Crippen molar-refractivity contribution in [1.29, 1.82) is 0 Å². The van der Waals surface area contributed by atoms with E-state index in [9.17, 15) is 34.2 Å². The van der Waals surface area contributed by atoms with E-state index >= 15 is 0 Å². The lowest BCUT2D eigenvalue weighted by Crippen LogP contribution is -2.57. The number of aliphatic imine (C=N–C) groups is 1. The lowest BCUT2D eigenvalue weighted by molar-refractivity contribution is -0.142. The van der Waals surface area contributed by atoms with Gasteiger partial charge in [-0.1, -0.05) is 60.7 Å². The monoisotopic (exact) mass is 597 g/mol. The summed E-state index contributed by atoms with van der Waals surface area (Å²) in [5.41, 5.74) is 18.1. The fraction of sp³-hybridized carbons (Fsp3) is 0.379. The van der Waals surface area contributed by atoms with Crippen LogP contribution in [0.5, 0.6) is 0 Å². The Hall–Kier alpha value is -4.98. The van der Waals surface area contributed by atoms with Gasteiger partial charge in [0.15, 0.2) is 5.96 Å². The van der Waals surface area contributed by atoms with Crippen molar-refractivity contribution < 1.29 is 34.2 Å². The number of hydrogen-bond donors (Lipinski definition) is 8. The lowest BCUT2D eigenvalue weighted by atomic mass is 10.0. The smallest absolute Gasteiger partial charge is 0.326 e. The summed E-state index contributed by atoms with van der Waals surface area (Å²) in [5.74, 6) is -4.91. The molecule has 43 heavy (non-hydrogen) atoms. The summed E-state index contributed by atoms with van der Waals surface area (Å²) in [4.78, 5) is 66.5. The van der Waals surface area contributed by atoms with Crippen molar-refractivity contribution in [1.82, 2.24) is 16.0 Å². The third kappa shape index (κ3) is 13.0. The van der Waals surface area contributed by atoms with Crippen LogP contribution in [-0.4, -0.2) is 76.5 Å². The molecule has 0 saturated carbocycles. The molecule has 2 rings (SSSR count). The van der Waals surface area contributed by atoms with E-state index in [-0.39, 0.29) is 44.6 Å². The molecule has 0 fully saturated rings. The van der Waals surface area contributed by atoms with Crippen LogP contribution >= 0.6 is 0 Å². The predicted octanol–water partition coefficient (Wildman–Crippen LogP) is -0.743. The van der Waals surface area contributed by atoms with E-state index in [4.69, 9.17) is 17.2 Å². The molecule has 14 nitrogen and oxygen atoms in total. The van der Waals surface area contributed by atoms with E-state index in [0.29, 0.717) is 5.56 Å². The van der Waals surface area contributed by atoms with Gasteiger partial charge in [0.25, 0.3) is 0 Å². The average molecular weight is 598 g/mol. The molecule has 4 atom stereocenters. The van der Waals surface area contributed by atoms with Gasteiger partial charge in [0.1, 0.15) is 18.1 Å². The van der Waals surface area contributed by atoms with Crippen molar-refractivity contribution in [2.45, 2.75) is 62.7 Å². The summed E-state index contributed by atoms with van der Waals surface area (Å²) in [6.45, 7) is 0.156. The highest BCUT2D eigenvalue weighted by molar-refractivity contribution is 5.94. The van der Waals surface area contributed by atoms with Crippen molar-refractivity contribution in [3.05, 3.63) is 71.8 Å². The summed E-state index contributed by atoms with van der Waals surface area (Å²) in [6.07, 6.45) is -0.269. The highest BCUT2D eigenvalue weighted by Gasteiger charge is 2.31. The second-order valence-electron chi connectivity index (χ2n) is 9.89. The van der Waals surface area contributed by atoms with Gasteiger partial charge >= 0.3 is 11.9 Å². The molecule has 3 amide bonds. The Morgan fingerprint density at radius 2 is 1.21 bits per heavy atom. The molecule has 0 radical (unpaired) electrons. The molecule has 0 heterocycles. The lowest BCUT2D eigenvalue weighted by Gasteiger charge is -2.25. The molecule has 2 aromatic carbocycles. The molecular formula is C29H39N7O7. The van der Waals surface area contributed by atoms with E-state index < -0.39 is 60.2 Å². The van der Waals surface area contributed by atoms with Crippen LogP contribution in [0.1, 0.15) is 36.8 Å². The SMILES string of the molecule is NC(N)=NCCCC(NC(=O)C(Cc1ccccc1)NC(=O)C(CCC(=O)O)NC(=O)C(N)Cc1ccccc1)C(=O)O. The first kappa shape index (κ1) is 34.2. The Kier molecular flexibility index (Phi) is 14.1. The van der Waals surface area contributed by atoms with Crippen LogP contribution in [0.3, 0.4) is 0 Å². The molecule has 0 aliphatic heterocycles. The van der Waals surface area contributed by atoms with Crippen LogP contribution in [0.25, 0.3) is 0 Å². The zero-order chi connectivity index (χ0) is 31.8. The molecule has 0 aromatic heterocycles. The number of benzene rings is 2. The number of rotatable bonds is 18. The topological polar surface area (TPSA) is 252 Å². The fourth-order valence-corrected chi connectivity index (χ4v) is 4.14. The highest BCUT2D eigenvalue weighted by atomic mass is 16.4. The Labute approximate surface area is 249 Å². The maximum absolute atomic E-state index is 13.4. The summed E-state index contributed by atoms with van der Waals surface area (Å²) in [7, 11) is 0. The van der Waals surface area contributed by atoms with E-state index in [1.54, 1.807) is 54.6 Å². The van der Waals surface area contributed by atoms with Crippen LogP contribution in [0.15, 0.2) is 65.7 Å². The number of nitrogens with zero attached hydrogens (tertiary/aromatic N) is 1. The number of carboxylic acid groups (broad SMARTS) is 2. The number of nitrogens with one attached hydrogen (secondary N) is 3. The van der Waals surface area contributed by atoms with E-state index in [1.807, 2.05) is 6.07 Å². The molecule has 0 aliphatic rings. The van der Waals surface area contributed by atoms with E-state index in [0.717, 1.165) is 5.56 Å². The van der Waals surface area contributed by atoms with Crippen molar-refractivity contribution in [2.24, 2.45) is 22.2 Å². The minimum atomic E-state index is -1.33. The van der Waals surface area contributed by atoms with Crippen LogP contribution in [0.4, 0.5) is 0 Å². The number of carbonyl (C=O) groups is 5. The maximum atomic E-state index is 13.4. The quantitative estimate of drug-likeness (QED) is 0.0606. The van der Waals surface area contributed by atoms with Crippen molar-refractivity contribution in [3.8, 4) is 0 Å².